The number of nitrogens with zero attached hydrogens (tertiary/aromatic N) is 3. The van der Waals surface area contributed by atoms with Crippen LogP contribution in [0.1, 0.15) is 24.2 Å². The fraction of sp³-hybridized carbons (Fsp3) is 0.562. The Morgan fingerprint density at radius 1 is 1.30 bits per heavy atom. The average molecular weight is 336 g/mol. The van der Waals surface area contributed by atoms with Gasteiger partial charge in [0.2, 0.25) is 5.91 Å². The second-order valence-electron chi connectivity index (χ2n) is 5.85. The molecule has 2 amide bonds. The van der Waals surface area contributed by atoms with Gasteiger partial charge in [0.15, 0.2) is 0 Å². The van der Waals surface area contributed by atoms with Crippen molar-refractivity contribution in [3.63, 3.8) is 0 Å². The molecule has 23 heavy (non-hydrogen) atoms. The van der Waals surface area contributed by atoms with Crippen LogP contribution in [0.25, 0.3) is 0 Å². The summed E-state index contributed by atoms with van der Waals surface area (Å²) in [7, 11) is 0. The Morgan fingerprint density at radius 3 is 2.61 bits per heavy atom. The molecule has 1 saturated heterocycles. The van der Waals surface area contributed by atoms with Gasteiger partial charge < -0.3 is 10.2 Å². The molecule has 6 nitrogen and oxygen atoms in total. The molecule has 0 atom stereocenters. The molecule has 1 N–H and O–H groups in total. The third-order valence-corrected chi connectivity index (χ3v) is 4.38. The van der Waals surface area contributed by atoms with Crippen LogP contribution < -0.4 is 5.32 Å². The Labute approximate surface area is 141 Å². The Balaban J connectivity index is 1.89. The molecule has 1 aromatic rings. The predicted molar refractivity (Wildman–Crippen MR) is 91.6 cm³/mol. The van der Waals surface area contributed by atoms with Gasteiger partial charge in [0.1, 0.15) is 5.03 Å². The molecule has 2 rings (SSSR count). The molecule has 2 heterocycles. The zero-order chi connectivity index (χ0) is 16.8. The van der Waals surface area contributed by atoms with Crippen molar-refractivity contribution in [3.8, 4) is 0 Å². The number of carbonyl (C=O) groups excluding carboxylic acids is 2. The highest BCUT2D eigenvalue weighted by Gasteiger charge is 2.24. The van der Waals surface area contributed by atoms with Crippen molar-refractivity contribution in [2.45, 2.75) is 24.9 Å². The smallest absolute Gasteiger partial charge is 0.256 e. The third-order valence-electron chi connectivity index (χ3n) is 3.67. The number of aromatic nitrogens is 1. The number of hydrogen-bond donors (Lipinski definition) is 1. The molecular weight excluding hydrogens is 312 g/mol. The van der Waals surface area contributed by atoms with Gasteiger partial charge in [-0.3, -0.25) is 14.5 Å². The summed E-state index contributed by atoms with van der Waals surface area (Å²) in [5, 5.41) is 3.65. The van der Waals surface area contributed by atoms with E-state index in [1.54, 1.807) is 12.3 Å². The molecular formula is C16H24N4O2S. The average Bonchev–Trinajstić information content (AvgIpc) is 2.54. The second kappa shape index (κ2) is 8.31. The maximum Gasteiger partial charge on any atom is 0.256 e. The fourth-order valence-corrected chi connectivity index (χ4v) is 3.11. The summed E-state index contributed by atoms with van der Waals surface area (Å²) in [4.78, 5) is 32.6. The monoisotopic (exact) mass is 336 g/mol. The van der Waals surface area contributed by atoms with Crippen LogP contribution in [0, 0.1) is 0 Å². The first-order chi connectivity index (χ1) is 11.0. The first-order valence-electron chi connectivity index (χ1n) is 7.81. The summed E-state index contributed by atoms with van der Waals surface area (Å²) >= 11 is 1.48. The van der Waals surface area contributed by atoms with Crippen LogP contribution >= 0.6 is 11.8 Å². The fourth-order valence-electron chi connectivity index (χ4n) is 2.57. The predicted octanol–water partition coefficient (Wildman–Crippen LogP) is 1.09. The summed E-state index contributed by atoms with van der Waals surface area (Å²) < 4.78 is 0. The highest BCUT2D eigenvalue weighted by Crippen LogP contribution is 2.19. The Kier molecular flexibility index (Phi) is 6.41. The third kappa shape index (κ3) is 4.94. The molecule has 0 saturated carbocycles. The number of pyridine rings is 1. The summed E-state index contributed by atoms with van der Waals surface area (Å²) in [6, 6.07) is 3.77. The summed E-state index contributed by atoms with van der Waals surface area (Å²) in [6.45, 7) is 6.99. The maximum atomic E-state index is 12.6. The minimum Gasteiger partial charge on any atom is -0.353 e. The Hall–Kier alpha value is -1.60. The number of thioether (sulfide) groups is 1. The molecule has 0 aromatic carbocycles. The highest BCUT2D eigenvalue weighted by molar-refractivity contribution is 7.98. The molecule has 1 aliphatic heterocycles. The van der Waals surface area contributed by atoms with Gasteiger partial charge in [0.25, 0.3) is 5.91 Å². The van der Waals surface area contributed by atoms with E-state index < -0.39 is 0 Å². The number of carbonyl (C=O) groups is 2. The van der Waals surface area contributed by atoms with Crippen LogP contribution in [0.15, 0.2) is 23.4 Å². The molecule has 0 radical (unpaired) electrons. The number of piperazine rings is 1. The molecule has 0 aliphatic carbocycles. The van der Waals surface area contributed by atoms with Crippen molar-refractivity contribution in [2.75, 3.05) is 39.0 Å². The zero-order valence-corrected chi connectivity index (χ0v) is 14.7. The van der Waals surface area contributed by atoms with Crippen LogP contribution in [0.5, 0.6) is 0 Å². The van der Waals surface area contributed by atoms with Crippen molar-refractivity contribution >= 4 is 23.6 Å². The van der Waals surface area contributed by atoms with E-state index in [1.807, 2.05) is 31.1 Å². The maximum absolute atomic E-state index is 12.6. The van der Waals surface area contributed by atoms with Crippen molar-refractivity contribution in [1.29, 1.82) is 0 Å². The quantitative estimate of drug-likeness (QED) is 0.815. The largest absolute Gasteiger partial charge is 0.353 e. The summed E-state index contributed by atoms with van der Waals surface area (Å²) in [5.74, 6) is 0.0606. The van der Waals surface area contributed by atoms with Crippen molar-refractivity contribution in [2.24, 2.45) is 0 Å². The van der Waals surface area contributed by atoms with Gasteiger partial charge in [-0.25, -0.2) is 4.98 Å². The van der Waals surface area contributed by atoms with Gasteiger partial charge in [0.05, 0.1) is 12.1 Å². The minimum absolute atomic E-state index is 0.0220. The first-order valence-corrected chi connectivity index (χ1v) is 9.03. The molecule has 1 aromatic heterocycles. The molecule has 0 unspecified atom stereocenters. The van der Waals surface area contributed by atoms with Gasteiger partial charge in [0, 0.05) is 38.4 Å². The number of rotatable bonds is 5. The van der Waals surface area contributed by atoms with E-state index in [-0.39, 0.29) is 17.9 Å². The second-order valence-corrected chi connectivity index (χ2v) is 6.65. The zero-order valence-electron chi connectivity index (χ0n) is 13.9. The van der Waals surface area contributed by atoms with Crippen LogP contribution in [0.4, 0.5) is 0 Å². The van der Waals surface area contributed by atoms with Crippen molar-refractivity contribution in [3.05, 3.63) is 23.9 Å². The van der Waals surface area contributed by atoms with Crippen molar-refractivity contribution in [1.82, 2.24) is 20.1 Å². The van der Waals surface area contributed by atoms with E-state index in [9.17, 15) is 9.59 Å². The SMILES string of the molecule is CSc1ncccc1C(=O)N1CCN(CC(=O)NC(C)C)CC1. The molecule has 0 spiro atoms. The lowest BCUT2D eigenvalue weighted by Gasteiger charge is -2.34. The first kappa shape index (κ1) is 17.7. The number of hydrogen-bond acceptors (Lipinski definition) is 5. The van der Waals surface area contributed by atoms with E-state index in [0.717, 1.165) is 5.03 Å². The van der Waals surface area contributed by atoms with Gasteiger partial charge in [-0.15, -0.1) is 11.8 Å². The summed E-state index contributed by atoms with van der Waals surface area (Å²) in [6.07, 6.45) is 3.62. The highest BCUT2D eigenvalue weighted by atomic mass is 32.2. The van der Waals surface area contributed by atoms with Gasteiger partial charge in [-0.05, 0) is 32.2 Å². The van der Waals surface area contributed by atoms with Gasteiger partial charge >= 0.3 is 0 Å². The lowest BCUT2D eigenvalue weighted by molar-refractivity contribution is -0.123. The number of amides is 2. The molecule has 7 heteroatoms. The molecule has 1 fully saturated rings. The lowest BCUT2D eigenvalue weighted by atomic mass is 10.2. The van der Waals surface area contributed by atoms with Gasteiger partial charge in [-0.2, -0.15) is 0 Å². The van der Waals surface area contributed by atoms with Crippen LogP contribution in [0.2, 0.25) is 0 Å². The molecule has 1 aliphatic rings. The Morgan fingerprint density at radius 2 is 2.00 bits per heavy atom. The number of nitrogens with one attached hydrogen (secondary N) is 1. The summed E-state index contributed by atoms with van der Waals surface area (Å²) in [5.41, 5.74) is 0.658. The van der Waals surface area contributed by atoms with Crippen LogP contribution in [-0.4, -0.2) is 71.6 Å². The van der Waals surface area contributed by atoms with Crippen molar-refractivity contribution < 1.29 is 9.59 Å². The van der Waals surface area contributed by atoms with E-state index in [1.165, 1.54) is 11.8 Å². The van der Waals surface area contributed by atoms with E-state index in [2.05, 4.69) is 15.2 Å². The van der Waals surface area contributed by atoms with E-state index in [4.69, 9.17) is 0 Å². The normalized spacial score (nSPS) is 15.7. The molecule has 126 valence electrons. The van der Waals surface area contributed by atoms with E-state index >= 15 is 0 Å². The standard InChI is InChI=1S/C16H24N4O2S/c1-12(2)18-14(21)11-19-7-9-20(10-8-19)16(22)13-5-4-6-17-15(13)23-3/h4-6,12H,7-11H2,1-3H3,(H,18,21). The van der Waals surface area contributed by atoms with Crippen LogP contribution in [-0.2, 0) is 4.79 Å². The van der Waals surface area contributed by atoms with Crippen LogP contribution in [0.3, 0.4) is 0 Å². The topological polar surface area (TPSA) is 65.5 Å². The lowest BCUT2D eigenvalue weighted by Crippen LogP contribution is -2.51. The molecule has 0 bridgehead atoms. The van der Waals surface area contributed by atoms with E-state index in [0.29, 0.717) is 38.3 Å². The van der Waals surface area contributed by atoms with Gasteiger partial charge in [-0.1, -0.05) is 0 Å². The Bertz CT molecular complexity index is 557. The minimum atomic E-state index is 0.0220.